The number of hydrogen-bond acceptors (Lipinski definition) is 3. The van der Waals surface area contributed by atoms with Crippen molar-refractivity contribution in [3.63, 3.8) is 0 Å². The van der Waals surface area contributed by atoms with E-state index >= 15 is 0 Å². The van der Waals surface area contributed by atoms with Crippen LogP contribution in [0.1, 0.15) is 37.0 Å². The minimum atomic E-state index is 0.0584. The van der Waals surface area contributed by atoms with Crippen molar-refractivity contribution in [1.82, 2.24) is 4.90 Å². The molecule has 104 valence electrons. The lowest BCUT2D eigenvalue weighted by atomic mass is 10.2. The summed E-state index contributed by atoms with van der Waals surface area (Å²) in [6.45, 7) is 5.53. The van der Waals surface area contributed by atoms with Gasteiger partial charge in [0, 0.05) is 24.7 Å². The molecule has 0 aromatic heterocycles. The van der Waals surface area contributed by atoms with Crippen LogP contribution in [-0.2, 0) is 0 Å². The molecular formula is C15H22N2O2. The van der Waals surface area contributed by atoms with Gasteiger partial charge in [0.2, 0.25) is 0 Å². The highest BCUT2D eigenvalue weighted by molar-refractivity contribution is 5.94. The Bertz CT molecular complexity index is 430. The molecule has 4 heteroatoms. The number of benzene rings is 1. The minimum absolute atomic E-state index is 0.0584. The maximum Gasteiger partial charge on any atom is 0.253 e. The predicted molar refractivity (Wildman–Crippen MR) is 75.3 cm³/mol. The molecule has 19 heavy (non-hydrogen) atoms. The fourth-order valence-electron chi connectivity index (χ4n) is 2.15. The Hall–Kier alpha value is -1.55. The fourth-order valence-corrected chi connectivity index (χ4v) is 2.15. The molecule has 1 saturated heterocycles. The Morgan fingerprint density at radius 3 is 2.68 bits per heavy atom. The van der Waals surface area contributed by atoms with Crippen LogP contribution in [0.15, 0.2) is 24.3 Å². The van der Waals surface area contributed by atoms with Crippen molar-refractivity contribution in [1.29, 1.82) is 0 Å². The van der Waals surface area contributed by atoms with Crippen LogP contribution in [0, 0.1) is 0 Å². The lowest BCUT2D eigenvalue weighted by molar-refractivity contribution is 0.0791. The zero-order valence-corrected chi connectivity index (χ0v) is 11.6. The van der Waals surface area contributed by atoms with Crippen LogP contribution in [0.3, 0.4) is 0 Å². The van der Waals surface area contributed by atoms with Gasteiger partial charge in [-0.25, -0.2) is 0 Å². The highest BCUT2D eigenvalue weighted by atomic mass is 16.5. The van der Waals surface area contributed by atoms with Crippen molar-refractivity contribution in [2.45, 2.75) is 38.8 Å². The van der Waals surface area contributed by atoms with E-state index in [1.807, 2.05) is 36.1 Å². The first kappa shape index (κ1) is 13.9. The second-order valence-corrected chi connectivity index (χ2v) is 5.16. The van der Waals surface area contributed by atoms with E-state index in [0.717, 1.165) is 25.1 Å². The number of rotatable bonds is 4. The Balaban J connectivity index is 2.00. The van der Waals surface area contributed by atoms with Crippen molar-refractivity contribution in [3.05, 3.63) is 29.8 Å². The molecule has 1 heterocycles. The Labute approximate surface area is 114 Å². The van der Waals surface area contributed by atoms with Crippen molar-refractivity contribution < 1.29 is 9.53 Å². The molecule has 0 spiro atoms. The fraction of sp³-hybridized carbons (Fsp3) is 0.533. The number of carbonyl (C=O) groups is 1. The second kappa shape index (κ2) is 6.06. The molecule has 2 atom stereocenters. The van der Waals surface area contributed by atoms with Gasteiger partial charge in [-0.05, 0) is 44.0 Å². The van der Waals surface area contributed by atoms with Gasteiger partial charge in [-0.3, -0.25) is 4.79 Å². The Kier molecular flexibility index (Phi) is 4.43. The lowest BCUT2D eigenvalue weighted by Gasteiger charge is -2.16. The summed E-state index contributed by atoms with van der Waals surface area (Å²) < 4.78 is 5.70. The van der Waals surface area contributed by atoms with Gasteiger partial charge in [0.25, 0.3) is 5.91 Å². The summed E-state index contributed by atoms with van der Waals surface area (Å²) in [7, 11) is 0. The van der Waals surface area contributed by atoms with Crippen molar-refractivity contribution in [3.8, 4) is 5.75 Å². The summed E-state index contributed by atoms with van der Waals surface area (Å²) in [5, 5.41) is 0. The maximum absolute atomic E-state index is 12.2. The van der Waals surface area contributed by atoms with E-state index < -0.39 is 0 Å². The van der Waals surface area contributed by atoms with Gasteiger partial charge < -0.3 is 15.4 Å². The molecule has 1 aromatic carbocycles. The van der Waals surface area contributed by atoms with Crippen LogP contribution in [0.4, 0.5) is 0 Å². The maximum atomic E-state index is 12.2. The SMILES string of the molecule is CC[C@H](C)Oc1ccc(C(=O)N2CC[C@H](N)C2)cc1. The Morgan fingerprint density at radius 2 is 2.16 bits per heavy atom. The van der Waals surface area contributed by atoms with Gasteiger partial charge in [-0.1, -0.05) is 6.92 Å². The van der Waals surface area contributed by atoms with E-state index in [0.29, 0.717) is 12.1 Å². The molecule has 0 saturated carbocycles. The van der Waals surface area contributed by atoms with E-state index in [4.69, 9.17) is 10.5 Å². The number of carbonyl (C=O) groups excluding carboxylic acids is 1. The third kappa shape index (κ3) is 3.47. The number of hydrogen-bond donors (Lipinski definition) is 1. The second-order valence-electron chi connectivity index (χ2n) is 5.16. The first-order valence-electron chi connectivity index (χ1n) is 6.91. The Morgan fingerprint density at radius 1 is 1.47 bits per heavy atom. The summed E-state index contributed by atoms with van der Waals surface area (Å²) in [5.41, 5.74) is 6.52. The topological polar surface area (TPSA) is 55.6 Å². The molecule has 0 bridgehead atoms. The van der Waals surface area contributed by atoms with Gasteiger partial charge >= 0.3 is 0 Å². The smallest absolute Gasteiger partial charge is 0.253 e. The van der Waals surface area contributed by atoms with E-state index in [9.17, 15) is 4.79 Å². The molecule has 1 fully saturated rings. The van der Waals surface area contributed by atoms with Crippen LogP contribution in [-0.4, -0.2) is 36.0 Å². The molecule has 1 aromatic rings. The van der Waals surface area contributed by atoms with Crippen LogP contribution < -0.4 is 10.5 Å². The highest BCUT2D eigenvalue weighted by Gasteiger charge is 2.24. The zero-order valence-electron chi connectivity index (χ0n) is 11.6. The lowest BCUT2D eigenvalue weighted by Crippen LogP contribution is -2.31. The quantitative estimate of drug-likeness (QED) is 0.903. The van der Waals surface area contributed by atoms with E-state index in [1.165, 1.54) is 0 Å². The van der Waals surface area contributed by atoms with E-state index in [2.05, 4.69) is 6.92 Å². The number of nitrogens with zero attached hydrogens (tertiary/aromatic N) is 1. The van der Waals surface area contributed by atoms with E-state index in [-0.39, 0.29) is 18.1 Å². The third-order valence-electron chi connectivity index (χ3n) is 3.53. The van der Waals surface area contributed by atoms with Crippen LogP contribution in [0.25, 0.3) is 0 Å². The van der Waals surface area contributed by atoms with Gasteiger partial charge in [-0.2, -0.15) is 0 Å². The van der Waals surface area contributed by atoms with Gasteiger partial charge in [-0.15, -0.1) is 0 Å². The molecule has 0 unspecified atom stereocenters. The van der Waals surface area contributed by atoms with Crippen LogP contribution in [0.2, 0.25) is 0 Å². The number of ether oxygens (including phenoxy) is 1. The summed E-state index contributed by atoms with van der Waals surface area (Å²) in [6.07, 6.45) is 2.05. The normalized spacial score (nSPS) is 20.4. The van der Waals surface area contributed by atoms with Gasteiger partial charge in [0.1, 0.15) is 5.75 Å². The number of nitrogens with two attached hydrogens (primary N) is 1. The first-order valence-corrected chi connectivity index (χ1v) is 6.91. The van der Waals surface area contributed by atoms with Gasteiger partial charge in [0.15, 0.2) is 0 Å². The van der Waals surface area contributed by atoms with Crippen molar-refractivity contribution >= 4 is 5.91 Å². The summed E-state index contributed by atoms with van der Waals surface area (Å²) in [6, 6.07) is 7.48. The molecular weight excluding hydrogens is 240 g/mol. The largest absolute Gasteiger partial charge is 0.491 e. The molecule has 1 amide bonds. The van der Waals surface area contributed by atoms with Crippen LogP contribution in [0.5, 0.6) is 5.75 Å². The summed E-state index contributed by atoms with van der Waals surface area (Å²) in [5.74, 6) is 0.868. The molecule has 1 aliphatic heterocycles. The van der Waals surface area contributed by atoms with E-state index in [1.54, 1.807) is 0 Å². The molecule has 2 N–H and O–H groups in total. The monoisotopic (exact) mass is 262 g/mol. The molecule has 2 rings (SSSR count). The summed E-state index contributed by atoms with van der Waals surface area (Å²) >= 11 is 0. The highest BCUT2D eigenvalue weighted by Crippen LogP contribution is 2.17. The number of amides is 1. The first-order chi connectivity index (χ1) is 9.10. The average molecular weight is 262 g/mol. The predicted octanol–water partition coefficient (Wildman–Crippen LogP) is 2.04. The summed E-state index contributed by atoms with van der Waals surface area (Å²) in [4.78, 5) is 14.0. The van der Waals surface area contributed by atoms with Crippen molar-refractivity contribution in [2.24, 2.45) is 5.73 Å². The van der Waals surface area contributed by atoms with Crippen LogP contribution >= 0.6 is 0 Å². The molecule has 4 nitrogen and oxygen atoms in total. The standard InChI is InChI=1S/C15H22N2O2/c1-3-11(2)19-14-6-4-12(5-7-14)15(18)17-9-8-13(16)10-17/h4-7,11,13H,3,8-10,16H2,1-2H3/t11-,13-/m0/s1. The molecule has 0 aliphatic carbocycles. The number of likely N-dealkylation sites (tertiary alicyclic amines) is 1. The molecule has 1 aliphatic rings. The third-order valence-corrected chi connectivity index (χ3v) is 3.53. The minimum Gasteiger partial charge on any atom is -0.491 e. The van der Waals surface area contributed by atoms with Gasteiger partial charge in [0.05, 0.1) is 6.10 Å². The average Bonchev–Trinajstić information content (AvgIpc) is 2.85. The zero-order chi connectivity index (χ0) is 13.8. The molecule has 0 radical (unpaired) electrons. The van der Waals surface area contributed by atoms with Crippen molar-refractivity contribution in [2.75, 3.05) is 13.1 Å².